The van der Waals surface area contributed by atoms with Crippen LogP contribution >= 0.6 is 0 Å². The highest BCUT2D eigenvalue weighted by Gasteiger charge is 2.31. The minimum absolute atomic E-state index is 0.0848. The minimum atomic E-state index is -4.62. The normalized spacial score (nSPS) is 15.9. The van der Waals surface area contributed by atoms with Gasteiger partial charge in [0, 0.05) is 43.0 Å². The Morgan fingerprint density at radius 1 is 1.03 bits per heavy atom. The number of carbonyl (C=O) groups excluding carboxylic acids is 1. The van der Waals surface area contributed by atoms with Gasteiger partial charge in [0.1, 0.15) is 5.82 Å². The zero-order chi connectivity index (χ0) is 25.0. The third-order valence-corrected chi connectivity index (χ3v) is 5.49. The highest BCUT2D eigenvalue weighted by molar-refractivity contribution is 5.88. The second kappa shape index (κ2) is 10.2. The maximum atomic E-state index is 13.7. The van der Waals surface area contributed by atoms with Crippen molar-refractivity contribution in [3.63, 3.8) is 0 Å². The highest BCUT2D eigenvalue weighted by Crippen LogP contribution is 2.33. The number of hydrogen-bond donors (Lipinski definition) is 3. The summed E-state index contributed by atoms with van der Waals surface area (Å²) >= 11 is 0. The molecule has 1 fully saturated rings. The number of primary amides is 1. The van der Waals surface area contributed by atoms with E-state index in [-0.39, 0.29) is 23.2 Å². The monoisotopic (exact) mass is 485 g/mol. The van der Waals surface area contributed by atoms with Crippen LogP contribution in [-0.4, -0.2) is 41.1 Å². The number of benzene rings is 2. The van der Waals surface area contributed by atoms with Crippen LogP contribution in [0.3, 0.4) is 0 Å². The van der Waals surface area contributed by atoms with Gasteiger partial charge in [-0.05, 0) is 42.5 Å². The number of nitrogens with zero attached hydrogens (tertiary/aromatic N) is 2. The van der Waals surface area contributed by atoms with Gasteiger partial charge in [-0.25, -0.2) is 9.37 Å². The maximum absolute atomic E-state index is 13.7. The molecule has 0 spiro atoms. The number of nitrogens with one attached hydrogen (secondary N) is 2. The van der Waals surface area contributed by atoms with Crippen LogP contribution in [0.2, 0.25) is 0 Å². The van der Waals surface area contributed by atoms with Crippen LogP contribution in [0.15, 0.2) is 73.1 Å². The van der Waals surface area contributed by atoms with Crippen LogP contribution in [0.25, 0.3) is 27.8 Å². The predicted molar refractivity (Wildman–Crippen MR) is 125 cm³/mol. The van der Waals surface area contributed by atoms with Gasteiger partial charge in [-0.1, -0.05) is 18.2 Å². The molecule has 1 saturated heterocycles. The summed E-state index contributed by atoms with van der Waals surface area (Å²) in [7, 11) is 0. The lowest BCUT2D eigenvalue weighted by atomic mass is 10.1. The van der Waals surface area contributed by atoms with Crippen molar-refractivity contribution in [1.29, 1.82) is 0 Å². The van der Waals surface area contributed by atoms with Gasteiger partial charge in [0.15, 0.2) is 0 Å². The molecule has 4 N–H and O–H groups in total. The van der Waals surface area contributed by atoms with Crippen LogP contribution in [0.5, 0.6) is 0 Å². The van der Waals surface area contributed by atoms with Crippen LogP contribution in [-0.2, 0) is 11.0 Å². The molecule has 4 aromatic rings. The van der Waals surface area contributed by atoms with Crippen molar-refractivity contribution in [2.24, 2.45) is 5.73 Å². The molecule has 3 heterocycles. The zero-order valence-electron chi connectivity index (χ0n) is 18.5. The van der Waals surface area contributed by atoms with E-state index in [1.54, 1.807) is 12.1 Å². The van der Waals surface area contributed by atoms with E-state index in [9.17, 15) is 22.4 Å². The fraction of sp³-hybridized carbons (Fsp3) is 0.200. The van der Waals surface area contributed by atoms with Crippen molar-refractivity contribution in [3.05, 3.63) is 84.4 Å². The first-order valence-corrected chi connectivity index (χ1v) is 10.9. The van der Waals surface area contributed by atoms with Crippen molar-refractivity contribution < 1.29 is 22.4 Å². The number of aromatic nitrogens is 2. The number of piperazine rings is 1. The second-order valence-electron chi connectivity index (χ2n) is 7.98. The van der Waals surface area contributed by atoms with Gasteiger partial charge in [-0.2, -0.15) is 13.2 Å². The summed E-state index contributed by atoms with van der Waals surface area (Å²) in [6.07, 6.45) is -0.913. The van der Waals surface area contributed by atoms with Gasteiger partial charge >= 0.3 is 6.18 Å². The number of halogens is 4. The van der Waals surface area contributed by atoms with Crippen LogP contribution in [0, 0.1) is 5.82 Å². The highest BCUT2D eigenvalue weighted by atomic mass is 19.4. The molecule has 5 rings (SSSR count). The Kier molecular flexibility index (Phi) is 7.13. The number of fused-ring (bicyclic) bond motifs is 1. The standard InChI is InChI=1S/C20H12F4N2.C5H11N3O/c21-16-11-14(10-15(12-16)20(22,23)24)17-7-6-13-4-3-5-18(19(13)25-17)26-8-1-2-9-26;6-5(9)4-3-7-1-2-8-4/h1-12H;4,7-8H,1-3H2,(H2,6,9). The fourth-order valence-electron chi connectivity index (χ4n) is 3.75. The lowest BCUT2D eigenvalue weighted by molar-refractivity contribution is -0.137. The predicted octanol–water partition coefficient (Wildman–Crippen LogP) is 3.88. The summed E-state index contributed by atoms with van der Waals surface area (Å²) in [5, 5.41) is 6.87. The summed E-state index contributed by atoms with van der Waals surface area (Å²) in [5.74, 6) is -1.22. The van der Waals surface area contributed by atoms with E-state index < -0.39 is 17.6 Å². The molecule has 35 heavy (non-hydrogen) atoms. The van der Waals surface area contributed by atoms with Gasteiger partial charge in [0.05, 0.1) is 28.5 Å². The van der Waals surface area contributed by atoms with Crippen LogP contribution < -0.4 is 16.4 Å². The lowest BCUT2D eigenvalue weighted by Gasteiger charge is -2.21. The summed E-state index contributed by atoms with van der Waals surface area (Å²) in [4.78, 5) is 15.0. The van der Waals surface area contributed by atoms with Crippen molar-refractivity contribution >= 4 is 16.8 Å². The molecule has 1 unspecified atom stereocenters. The van der Waals surface area contributed by atoms with E-state index in [4.69, 9.17) is 5.73 Å². The lowest BCUT2D eigenvalue weighted by Crippen LogP contribution is -2.54. The molecule has 10 heteroatoms. The number of amides is 1. The Bertz CT molecular complexity index is 1320. The van der Waals surface area contributed by atoms with E-state index in [1.807, 2.05) is 47.3 Å². The molecular formula is C25H23F4N5O. The smallest absolute Gasteiger partial charge is 0.368 e. The zero-order valence-corrected chi connectivity index (χ0v) is 18.5. The molecule has 0 bridgehead atoms. The van der Waals surface area contributed by atoms with Crippen molar-refractivity contribution in [2.75, 3.05) is 19.6 Å². The molecule has 1 amide bonds. The molecule has 0 aliphatic carbocycles. The third-order valence-electron chi connectivity index (χ3n) is 5.49. The molecule has 0 saturated carbocycles. The van der Waals surface area contributed by atoms with Crippen molar-refractivity contribution in [3.8, 4) is 16.9 Å². The topological polar surface area (TPSA) is 85.0 Å². The number of hydrogen-bond acceptors (Lipinski definition) is 4. The van der Waals surface area contributed by atoms with Crippen molar-refractivity contribution in [1.82, 2.24) is 20.2 Å². The first-order chi connectivity index (χ1) is 16.7. The molecule has 2 aromatic carbocycles. The fourth-order valence-corrected chi connectivity index (χ4v) is 3.75. The molecule has 1 aliphatic rings. The third kappa shape index (κ3) is 5.84. The average Bonchev–Trinajstić information content (AvgIpc) is 3.38. The van der Waals surface area contributed by atoms with E-state index in [0.717, 1.165) is 36.3 Å². The molecule has 1 aliphatic heterocycles. The Morgan fingerprint density at radius 3 is 2.43 bits per heavy atom. The molecule has 1 atom stereocenters. The number of rotatable bonds is 3. The Labute approximate surface area is 198 Å². The van der Waals surface area contributed by atoms with E-state index >= 15 is 0 Å². The maximum Gasteiger partial charge on any atom is 0.416 e. The number of pyridine rings is 1. The van der Waals surface area contributed by atoms with Gasteiger partial charge in [-0.15, -0.1) is 0 Å². The SMILES string of the molecule is Fc1cc(-c2ccc3cccc(-n4cccc4)c3n2)cc(C(F)(F)F)c1.NC(=O)C1CNCCN1. The largest absolute Gasteiger partial charge is 0.416 e. The minimum Gasteiger partial charge on any atom is -0.368 e. The van der Waals surface area contributed by atoms with Crippen molar-refractivity contribution in [2.45, 2.75) is 12.2 Å². The molecule has 6 nitrogen and oxygen atoms in total. The van der Waals surface area contributed by atoms with Crippen LogP contribution in [0.4, 0.5) is 17.6 Å². The molecule has 2 aromatic heterocycles. The quantitative estimate of drug-likeness (QED) is 0.385. The summed E-state index contributed by atoms with van der Waals surface area (Å²) < 4.78 is 54.5. The van der Waals surface area contributed by atoms with E-state index in [1.165, 1.54) is 0 Å². The molecular weight excluding hydrogens is 462 g/mol. The van der Waals surface area contributed by atoms with E-state index in [0.29, 0.717) is 18.1 Å². The first kappa shape index (κ1) is 24.4. The van der Waals surface area contributed by atoms with Gasteiger partial charge in [0.2, 0.25) is 5.91 Å². The number of nitrogens with two attached hydrogens (primary N) is 1. The first-order valence-electron chi connectivity index (χ1n) is 10.9. The molecule has 0 radical (unpaired) electrons. The number of carbonyl (C=O) groups is 1. The molecule has 182 valence electrons. The average molecular weight is 485 g/mol. The Morgan fingerprint density at radius 2 is 1.80 bits per heavy atom. The van der Waals surface area contributed by atoms with Crippen LogP contribution in [0.1, 0.15) is 5.56 Å². The Balaban J connectivity index is 0.000000271. The van der Waals surface area contributed by atoms with Gasteiger partial charge in [-0.3, -0.25) is 4.79 Å². The van der Waals surface area contributed by atoms with E-state index in [2.05, 4.69) is 15.6 Å². The summed E-state index contributed by atoms with van der Waals surface area (Å²) in [6.45, 7) is 2.41. The van der Waals surface area contributed by atoms with Gasteiger partial charge in [0.25, 0.3) is 0 Å². The summed E-state index contributed by atoms with van der Waals surface area (Å²) in [6, 6.07) is 15.0. The Hall–Kier alpha value is -3.76. The number of alkyl halides is 3. The van der Waals surface area contributed by atoms with Gasteiger partial charge < -0.3 is 20.9 Å². The second-order valence-corrected chi connectivity index (χ2v) is 7.98. The number of para-hydroxylation sites is 1. The summed E-state index contributed by atoms with van der Waals surface area (Å²) in [5.41, 5.74) is 5.77.